The molecule has 1 aromatic heterocycles. The van der Waals surface area contributed by atoms with E-state index in [4.69, 9.17) is 4.74 Å². The monoisotopic (exact) mass is 196 g/mol. The standard InChI is InChI=1S/C9H16N4O/c1-7-8(3-4-14-7)10-5-9-12-11-6-13(9)2/h6-8,10H,3-5H2,1-2H3. The van der Waals surface area contributed by atoms with E-state index in [0.29, 0.717) is 12.1 Å². The fraction of sp³-hybridized carbons (Fsp3) is 0.778. The summed E-state index contributed by atoms with van der Waals surface area (Å²) in [6.45, 7) is 3.72. The molecular formula is C9H16N4O. The van der Waals surface area contributed by atoms with Gasteiger partial charge in [0.1, 0.15) is 12.2 Å². The molecule has 2 heterocycles. The maximum absolute atomic E-state index is 5.46. The second-order valence-electron chi connectivity index (χ2n) is 3.71. The molecule has 0 saturated carbocycles. The van der Waals surface area contributed by atoms with E-state index in [1.807, 2.05) is 11.6 Å². The molecule has 0 radical (unpaired) electrons. The van der Waals surface area contributed by atoms with Crippen molar-refractivity contribution in [3.63, 3.8) is 0 Å². The molecule has 1 N–H and O–H groups in total. The van der Waals surface area contributed by atoms with Crippen LogP contribution in [0.3, 0.4) is 0 Å². The van der Waals surface area contributed by atoms with Crippen LogP contribution in [0.1, 0.15) is 19.2 Å². The topological polar surface area (TPSA) is 52.0 Å². The van der Waals surface area contributed by atoms with Crippen LogP contribution in [-0.2, 0) is 18.3 Å². The fourth-order valence-corrected chi connectivity index (χ4v) is 1.69. The molecule has 0 amide bonds. The third-order valence-corrected chi connectivity index (χ3v) is 2.70. The first-order valence-electron chi connectivity index (χ1n) is 4.95. The summed E-state index contributed by atoms with van der Waals surface area (Å²) in [4.78, 5) is 0. The van der Waals surface area contributed by atoms with Crippen molar-refractivity contribution in [2.24, 2.45) is 7.05 Å². The van der Waals surface area contributed by atoms with Gasteiger partial charge in [-0.1, -0.05) is 0 Å². The number of ether oxygens (including phenoxy) is 1. The van der Waals surface area contributed by atoms with E-state index >= 15 is 0 Å². The molecule has 2 atom stereocenters. The zero-order chi connectivity index (χ0) is 9.97. The van der Waals surface area contributed by atoms with Crippen molar-refractivity contribution in [2.75, 3.05) is 6.61 Å². The van der Waals surface area contributed by atoms with E-state index in [2.05, 4.69) is 22.4 Å². The second kappa shape index (κ2) is 4.06. The molecule has 2 unspecified atom stereocenters. The maximum Gasteiger partial charge on any atom is 0.146 e. The molecule has 5 nitrogen and oxygen atoms in total. The highest BCUT2D eigenvalue weighted by atomic mass is 16.5. The molecule has 0 aliphatic carbocycles. The summed E-state index contributed by atoms with van der Waals surface area (Å²) in [7, 11) is 1.95. The smallest absolute Gasteiger partial charge is 0.146 e. The Kier molecular flexibility index (Phi) is 2.79. The highest BCUT2D eigenvalue weighted by molar-refractivity contribution is 4.87. The fourth-order valence-electron chi connectivity index (χ4n) is 1.69. The van der Waals surface area contributed by atoms with Crippen molar-refractivity contribution in [3.8, 4) is 0 Å². The van der Waals surface area contributed by atoms with Crippen LogP contribution in [0.5, 0.6) is 0 Å². The lowest BCUT2D eigenvalue weighted by Gasteiger charge is -2.15. The Balaban J connectivity index is 1.85. The minimum Gasteiger partial charge on any atom is -0.377 e. The number of nitrogens with zero attached hydrogens (tertiary/aromatic N) is 3. The van der Waals surface area contributed by atoms with Gasteiger partial charge in [-0.3, -0.25) is 0 Å². The Morgan fingerprint density at radius 1 is 1.71 bits per heavy atom. The van der Waals surface area contributed by atoms with Gasteiger partial charge < -0.3 is 14.6 Å². The van der Waals surface area contributed by atoms with E-state index in [0.717, 1.165) is 25.4 Å². The molecule has 0 bridgehead atoms. The molecule has 0 spiro atoms. The number of hydrogen-bond donors (Lipinski definition) is 1. The average molecular weight is 196 g/mol. The maximum atomic E-state index is 5.46. The SMILES string of the molecule is CC1OCCC1NCc1nncn1C. The number of hydrogen-bond acceptors (Lipinski definition) is 4. The molecule has 1 aromatic rings. The van der Waals surface area contributed by atoms with Crippen LogP contribution in [0.25, 0.3) is 0 Å². The molecule has 78 valence electrons. The summed E-state index contributed by atoms with van der Waals surface area (Å²) >= 11 is 0. The number of aryl methyl sites for hydroxylation is 1. The zero-order valence-corrected chi connectivity index (χ0v) is 8.60. The first-order chi connectivity index (χ1) is 6.77. The third-order valence-electron chi connectivity index (χ3n) is 2.70. The van der Waals surface area contributed by atoms with Crippen LogP contribution >= 0.6 is 0 Å². The third kappa shape index (κ3) is 1.93. The van der Waals surface area contributed by atoms with E-state index < -0.39 is 0 Å². The molecule has 1 fully saturated rings. The average Bonchev–Trinajstić information content (AvgIpc) is 2.72. The van der Waals surface area contributed by atoms with E-state index in [1.54, 1.807) is 6.33 Å². The van der Waals surface area contributed by atoms with Gasteiger partial charge in [-0.25, -0.2) is 0 Å². The van der Waals surface area contributed by atoms with Crippen molar-refractivity contribution in [1.29, 1.82) is 0 Å². The van der Waals surface area contributed by atoms with Crippen LogP contribution in [0.15, 0.2) is 6.33 Å². The van der Waals surface area contributed by atoms with Crippen molar-refractivity contribution in [3.05, 3.63) is 12.2 Å². The second-order valence-corrected chi connectivity index (χ2v) is 3.71. The normalized spacial score (nSPS) is 27.0. The molecule has 0 aromatic carbocycles. The van der Waals surface area contributed by atoms with Gasteiger partial charge in [0.15, 0.2) is 0 Å². The minimum absolute atomic E-state index is 0.309. The highest BCUT2D eigenvalue weighted by Crippen LogP contribution is 2.12. The van der Waals surface area contributed by atoms with Gasteiger partial charge in [0.25, 0.3) is 0 Å². The Morgan fingerprint density at radius 2 is 2.57 bits per heavy atom. The Labute approximate surface area is 83.5 Å². The Hall–Kier alpha value is -0.940. The lowest BCUT2D eigenvalue weighted by Crippen LogP contribution is -2.34. The quantitative estimate of drug-likeness (QED) is 0.744. The first-order valence-corrected chi connectivity index (χ1v) is 4.95. The van der Waals surface area contributed by atoms with Gasteiger partial charge in [0.05, 0.1) is 12.6 Å². The van der Waals surface area contributed by atoms with Crippen LogP contribution in [-0.4, -0.2) is 33.5 Å². The summed E-state index contributed by atoms with van der Waals surface area (Å²) in [6, 6.07) is 0.451. The summed E-state index contributed by atoms with van der Waals surface area (Å²) in [5.74, 6) is 0.962. The van der Waals surface area contributed by atoms with Crippen LogP contribution < -0.4 is 5.32 Å². The van der Waals surface area contributed by atoms with E-state index in [-0.39, 0.29) is 0 Å². The predicted octanol–water partition coefficient (Wildman–Crippen LogP) is 0.0821. The molecular weight excluding hydrogens is 180 g/mol. The van der Waals surface area contributed by atoms with Gasteiger partial charge in [-0.15, -0.1) is 10.2 Å². The van der Waals surface area contributed by atoms with E-state index in [9.17, 15) is 0 Å². The largest absolute Gasteiger partial charge is 0.377 e. The lowest BCUT2D eigenvalue weighted by atomic mass is 10.1. The summed E-state index contributed by atoms with van der Waals surface area (Å²) in [5.41, 5.74) is 0. The Bertz CT molecular complexity index is 299. The first kappa shape index (κ1) is 9.61. The molecule has 5 heteroatoms. The van der Waals surface area contributed by atoms with Crippen molar-refractivity contribution in [2.45, 2.75) is 32.0 Å². The summed E-state index contributed by atoms with van der Waals surface area (Å²) in [5, 5.41) is 11.3. The van der Waals surface area contributed by atoms with Gasteiger partial charge in [0.2, 0.25) is 0 Å². The highest BCUT2D eigenvalue weighted by Gasteiger charge is 2.23. The van der Waals surface area contributed by atoms with E-state index in [1.165, 1.54) is 0 Å². The molecule has 14 heavy (non-hydrogen) atoms. The minimum atomic E-state index is 0.309. The predicted molar refractivity (Wildman–Crippen MR) is 51.7 cm³/mol. The van der Waals surface area contributed by atoms with Gasteiger partial charge in [0, 0.05) is 19.7 Å². The Morgan fingerprint density at radius 3 is 3.14 bits per heavy atom. The van der Waals surface area contributed by atoms with Gasteiger partial charge in [-0.05, 0) is 13.3 Å². The zero-order valence-electron chi connectivity index (χ0n) is 8.60. The summed E-state index contributed by atoms with van der Waals surface area (Å²) in [6.07, 6.45) is 3.10. The van der Waals surface area contributed by atoms with Crippen molar-refractivity contribution in [1.82, 2.24) is 20.1 Å². The number of nitrogens with one attached hydrogen (secondary N) is 1. The van der Waals surface area contributed by atoms with Crippen molar-refractivity contribution >= 4 is 0 Å². The lowest BCUT2D eigenvalue weighted by molar-refractivity contribution is 0.113. The molecule has 1 aliphatic heterocycles. The van der Waals surface area contributed by atoms with Crippen molar-refractivity contribution < 1.29 is 4.74 Å². The van der Waals surface area contributed by atoms with Gasteiger partial charge in [-0.2, -0.15) is 0 Å². The molecule has 1 aliphatic rings. The molecule has 1 saturated heterocycles. The van der Waals surface area contributed by atoms with Crippen LogP contribution in [0.4, 0.5) is 0 Å². The van der Waals surface area contributed by atoms with Gasteiger partial charge >= 0.3 is 0 Å². The number of aromatic nitrogens is 3. The van der Waals surface area contributed by atoms with Crippen LogP contribution in [0, 0.1) is 0 Å². The molecule has 2 rings (SSSR count). The number of rotatable bonds is 3. The summed E-state index contributed by atoms with van der Waals surface area (Å²) < 4.78 is 7.38. The van der Waals surface area contributed by atoms with Crippen LogP contribution in [0.2, 0.25) is 0 Å².